The van der Waals surface area contributed by atoms with E-state index in [2.05, 4.69) is 0 Å². The molecule has 1 saturated heterocycles. The van der Waals surface area contributed by atoms with Crippen LogP contribution in [0, 0.1) is 5.92 Å². The average Bonchev–Trinajstić information content (AvgIpc) is 2.32. The van der Waals surface area contributed by atoms with Crippen molar-refractivity contribution in [3.63, 3.8) is 0 Å². The minimum atomic E-state index is -0.119. The van der Waals surface area contributed by atoms with E-state index in [-0.39, 0.29) is 5.38 Å². The lowest BCUT2D eigenvalue weighted by molar-refractivity contribution is 0.0531. The lowest BCUT2D eigenvalue weighted by atomic mass is 9.93. The largest absolute Gasteiger partial charge is 0.381 e. The number of halogens is 3. The second kappa shape index (κ2) is 5.59. The minimum absolute atomic E-state index is 0.119. The van der Waals surface area contributed by atoms with E-state index < -0.39 is 0 Å². The quantitative estimate of drug-likeness (QED) is 0.713. The van der Waals surface area contributed by atoms with Crippen LogP contribution in [0.4, 0.5) is 0 Å². The second-order valence-corrected chi connectivity index (χ2v) is 5.36. The van der Waals surface area contributed by atoms with Crippen molar-refractivity contribution in [2.24, 2.45) is 5.92 Å². The molecule has 1 heterocycles. The summed E-state index contributed by atoms with van der Waals surface area (Å²) < 4.78 is 5.43. The Kier molecular flexibility index (Phi) is 4.37. The molecule has 1 aliphatic rings. The Morgan fingerprint density at radius 3 is 2.81 bits per heavy atom. The van der Waals surface area contributed by atoms with Gasteiger partial charge in [0.05, 0.1) is 12.0 Å². The fraction of sp³-hybridized carbons (Fsp3) is 0.500. The number of benzene rings is 1. The Balaban J connectivity index is 2.18. The van der Waals surface area contributed by atoms with Crippen molar-refractivity contribution in [2.75, 3.05) is 13.2 Å². The van der Waals surface area contributed by atoms with E-state index in [4.69, 9.17) is 39.5 Å². The Labute approximate surface area is 111 Å². The highest BCUT2D eigenvalue weighted by molar-refractivity contribution is 6.34. The molecule has 0 N–H and O–H groups in total. The molecule has 0 bridgehead atoms. The number of hydrogen-bond acceptors (Lipinski definition) is 1. The van der Waals surface area contributed by atoms with Gasteiger partial charge in [-0.3, -0.25) is 0 Å². The van der Waals surface area contributed by atoms with Gasteiger partial charge in [-0.25, -0.2) is 0 Å². The maximum absolute atomic E-state index is 6.44. The molecule has 4 heteroatoms. The van der Waals surface area contributed by atoms with E-state index >= 15 is 0 Å². The summed E-state index contributed by atoms with van der Waals surface area (Å²) in [7, 11) is 0. The lowest BCUT2D eigenvalue weighted by Gasteiger charge is -2.27. The van der Waals surface area contributed by atoms with Crippen molar-refractivity contribution in [3.8, 4) is 0 Å². The molecule has 0 spiro atoms. The molecular formula is C12H13Cl3O. The van der Waals surface area contributed by atoms with Crippen LogP contribution in [0.2, 0.25) is 10.0 Å². The van der Waals surface area contributed by atoms with Gasteiger partial charge in [-0.1, -0.05) is 23.2 Å². The first-order chi connectivity index (χ1) is 7.68. The highest BCUT2D eigenvalue weighted by Gasteiger charge is 2.25. The normalized spacial score (nSPS) is 23.1. The van der Waals surface area contributed by atoms with Gasteiger partial charge in [-0.2, -0.15) is 0 Å². The Morgan fingerprint density at radius 1 is 1.31 bits per heavy atom. The lowest BCUT2D eigenvalue weighted by Crippen LogP contribution is -2.21. The molecule has 1 aromatic rings. The molecule has 2 rings (SSSR count). The first-order valence-electron chi connectivity index (χ1n) is 5.35. The first kappa shape index (κ1) is 12.5. The van der Waals surface area contributed by atoms with Crippen LogP contribution in [-0.2, 0) is 4.74 Å². The van der Waals surface area contributed by atoms with Crippen molar-refractivity contribution in [2.45, 2.75) is 18.2 Å². The number of alkyl halides is 1. The highest BCUT2D eigenvalue weighted by Crippen LogP contribution is 2.38. The highest BCUT2D eigenvalue weighted by atomic mass is 35.5. The zero-order valence-electron chi connectivity index (χ0n) is 8.76. The molecule has 2 unspecified atom stereocenters. The van der Waals surface area contributed by atoms with E-state index in [9.17, 15) is 0 Å². The minimum Gasteiger partial charge on any atom is -0.381 e. The average molecular weight is 280 g/mol. The van der Waals surface area contributed by atoms with Crippen molar-refractivity contribution >= 4 is 34.8 Å². The summed E-state index contributed by atoms with van der Waals surface area (Å²) >= 11 is 18.5. The molecule has 1 aliphatic heterocycles. The van der Waals surface area contributed by atoms with Crippen molar-refractivity contribution < 1.29 is 4.74 Å². The molecule has 16 heavy (non-hydrogen) atoms. The van der Waals surface area contributed by atoms with Crippen molar-refractivity contribution in [1.82, 2.24) is 0 Å². The third-order valence-electron chi connectivity index (χ3n) is 2.86. The molecule has 88 valence electrons. The van der Waals surface area contributed by atoms with Gasteiger partial charge in [0.15, 0.2) is 0 Å². The van der Waals surface area contributed by atoms with Gasteiger partial charge >= 0.3 is 0 Å². The topological polar surface area (TPSA) is 9.23 Å². The van der Waals surface area contributed by atoms with Gasteiger partial charge in [0.2, 0.25) is 0 Å². The molecule has 0 aliphatic carbocycles. The summed E-state index contributed by atoms with van der Waals surface area (Å²) in [6.45, 7) is 1.54. The number of hydrogen-bond donors (Lipinski definition) is 0. The van der Waals surface area contributed by atoms with Gasteiger partial charge in [0.1, 0.15) is 0 Å². The number of rotatable bonds is 2. The van der Waals surface area contributed by atoms with Crippen molar-refractivity contribution in [3.05, 3.63) is 33.8 Å². The standard InChI is InChI=1S/C12H13Cl3O/c13-9-3-4-11(14)10(6-9)12(15)8-2-1-5-16-7-8/h3-4,6,8,12H,1-2,5,7H2. The third-order valence-corrected chi connectivity index (χ3v) is 4.04. The van der Waals surface area contributed by atoms with Crippen LogP contribution >= 0.6 is 34.8 Å². The maximum atomic E-state index is 6.44. The zero-order chi connectivity index (χ0) is 11.5. The summed E-state index contributed by atoms with van der Waals surface area (Å²) in [6.07, 6.45) is 2.14. The van der Waals surface area contributed by atoms with Crippen LogP contribution < -0.4 is 0 Å². The summed E-state index contributed by atoms with van der Waals surface area (Å²) in [5.74, 6) is 0.325. The summed E-state index contributed by atoms with van der Waals surface area (Å²) in [4.78, 5) is 0. The molecular weight excluding hydrogens is 266 g/mol. The molecule has 0 aromatic heterocycles. The van der Waals surface area contributed by atoms with Gasteiger partial charge in [0, 0.05) is 22.6 Å². The molecule has 2 atom stereocenters. The zero-order valence-corrected chi connectivity index (χ0v) is 11.0. The van der Waals surface area contributed by atoms with Gasteiger partial charge in [0.25, 0.3) is 0 Å². The van der Waals surface area contributed by atoms with E-state index in [1.54, 1.807) is 12.1 Å². The maximum Gasteiger partial charge on any atom is 0.0650 e. The molecule has 0 saturated carbocycles. The smallest absolute Gasteiger partial charge is 0.0650 e. The molecule has 1 aromatic carbocycles. The van der Waals surface area contributed by atoms with Crippen LogP contribution in [0.25, 0.3) is 0 Å². The Bertz CT molecular complexity index is 361. The van der Waals surface area contributed by atoms with Crippen LogP contribution in [0.1, 0.15) is 23.8 Å². The Morgan fingerprint density at radius 2 is 2.12 bits per heavy atom. The van der Waals surface area contributed by atoms with Crippen molar-refractivity contribution in [1.29, 1.82) is 0 Å². The van der Waals surface area contributed by atoms with Crippen LogP contribution in [0.3, 0.4) is 0 Å². The van der Waals surface area contributed by atoms with E-state index in [1.807, 2.05) is 6.07 Å². The van der Waals surface area contributed by atoms with Crippen LogP contribution in [0.15, 0.2) is 18.2 Å². The second-order valence-electron chi connectivity index (χ2n) is 4.04. The molecule has 1 nitrogen and oxygen atoms in total. The fourth-order valence-corrected chi connectivity index (χ4v) is 2.83. The monoisotopic (exact) mass is 278 g/mol. The van der Waals surface area contributed by atoms with Crippen LogP contribution in [0.5, 0.6) is 0 Å². The van der Waals surface area contributed by atoms with E-state index in [1.165, 1.54) is 0 Å². The van der Waals surface area contributed by atoms with E-state index in [0.717, 1.165) is 25.0 Å². The van der Waals surface area contributed by atoms with Crippen LogP contribution in [-0.4, -0.2) is 13.2 Å². The first-order valence-corrected chi connectivity index (χ1v) is 6.54. The summed E-state index contributed by atoms with van der Waals surface area (Å²) in [6, 6.07) is 5.41. The van der Waals surface area contributed by atoms with Gasteiger partial charge < -0.3 is 4.74 Å². The van der Waals surface area contributed by atoms with Gasteiger partial charge in [-0.05, 0) is 36.6 Å². The SMILES string of the molecule is Clc1ccc(Cl)c(C(Cl)C2CCCOC2)c1. The van der Waals surface area contributed by atoms with Gasteiger partial charge in [-0.15, -0.1) is 11.6 Å². The molecule has 0 amide bonds. The summed E-state index contributed by atoms with van der Waals surface area (Å²) in [5, 5.41) is 1.23. The molecule has 1 fully saturated rings. The molecule has 0 radical (unpaired) electrons. The van der Waals surface area contributed by atoms with E-state index in [0.29, 0.717) is 22.6 Å². The summed E-state index contributed by atoms with van der Waals surface area (Å²) in [5.41, 5.74) is 0.909. The Hall–Kier alpha value is 0.0500. The fourth-order valence-electron chi connectivity index (χ4n) is 1.98. The predicted molar refractivity (Wildman–Crippen MR) is 68.6 cm³/mol. The number of ether oxygens (including phenoxy) is 1. The third kappa shape index (κ3) is 2.84. The predicted octanol–water partition coefficient (Wildman–Crippen LogP) is 4.70.